The number of nitrogens with zero attached hydrogens (tertiary/aromatic N) is 1. The molecule has 1 aliphatic carbocycles. The number of halogens is 1. The molecule has 0 aliphatic heterocycles. The first-order valence-electron chi connectivity index (χ1n) is 5.65. The Morgan fingerprint density at radius 2 is 2.40 bits per heavy atom. The van der Waals surface area contributed by atoms with E-state index in [-0.39, 0.29) is 11.9 Å². The van der Waals surface area contributed by atoms with E-state index in [2.05, 4.69) is 17.2 Å². The lowest BCUT2D eigenvalue weighted by molar-refractivity contribution is 0.229. The minimum Gasteiger partial charge on any atom is -0.310 e. The highest BCUT2D eigenvalue weighted by atomic mass is 19.1. The summed E-state index contributed by atoms with van der Waals surface area (Å²) in [6, 6.07) is 1.97. The normalized spacial score (nSPS) is 18.5. The number of nitrogens with one attached hydrogen (secondary N) is 1. The standard InChI is InChI=1S/C12H17FN2/c1-2-15-12(9-4-3-5-9)10-6-7-14-8-11(10)13/h6-9,12,15H,2-5H2,1H3. The Kier molecular flexibility index (Phi) is 3.31. The molecule has 1 aromatic heterocycles. The molecule has 0 bridgehead atoms. The summed E-state index contributed by atoms with van der Waals surface area (Å²) in [6.07, 6.45) is 6.66. The predicted octanol–water partition coefficient (Wildman–Crippen LogP) is 2.67. The number of rotatable bonds is 4. The van der Waals surface area contributed by atoms with Gasteiger partial charge in [0.05, 0.1) is 6.20 Å². The summed E-state index contributed by atoms with van der Waals surface area (Å²) in [6.45, 7) is 2.94. The highest BCUT2D eigenvalue weighted by Crippen LogP contribution is 2.38. The van der Waals surface area contributed by atoms with Crippen molar-refractivity contribution in [1.82, 2.24) is 10.3 Å². The van der Waals surface area contributed by atoms with Crippen LogP contribution in [0.4, 0.5) is 4.39 Å². The van der Waals surface area contributed by atoms with Crippen molar-refractivity contribution in [3.05, 3.63) is 29.8 Å². The molecule has 3 heteroatoms. The molecule has 1 fully saturated rings. The van der Waals surface area contributed by atoms with Gasteiger partial charge in [-0.3, -0.25) is 4.98 Å². The smallest absolute Gasteiger partial charge is 0.146 e. The monoisotopic (exact) mass is 208 g/mol. The van der Waals surface area contributed by atoms with E-state index < -0.39 is 0 Å². The van der Waals surface area contributed by atoms with Crippen molar-refractivity contribution in [2.45, 2.75) is 32.2 Å². The molecule has 15 heavy (non-hydrogen) atoms. The third-order valence-electron chi connectivity index (χ3n) is 3.18. The van der Waals surface area contributed by atoms with Crippen molar-refractivity contribution in [2.75, 3.05) is 6.54 Å². The van der Waals surface area contributed by atoms with Crippen molar-refractivity contribution in [3.63, 3.8) is 0 Å². The van der Waals surface area contributed by atoms with Gasteiger partial charge in [0.25, 0.3) is 0 Å². The summed E-state index contributed by atoms with van der Waals surface area (Å²) in [4.78, 5) is 3.79. The molecule has 1 aliphatic rings. The molecule has 2 nitrogen and oxygen atoms in total. The van der Waals surface area contributed by atoms with Gasteiger partial charge in [-0.1, -0.05) is 13.3 Å². The van der Waals surface area contributed by atoms with Crippen molar-refractivity contribution in [3.8, 4) is 0 Å². The summed E-state index contributed by atoms with van der Waals surface area (Å²) >= 11 is 0. The van der Waals surface area contributed by atoms with E-state index in [9.17, 15) is 4.39 Å². The molecule has 0 radical (unpaired) electrons. The SMILES string of the molecule is CCNC(c1ccncc1F)C1CCC1. The van der Waals surface area contributed by atoms with Crippen LogP contribution in [0.1, 0.15) is 37.8 Å². The van der Waals surface area contributed by atoms with Crippen LogP contribution >= 0.6 is 0 Å². The molecule has 1 aromatic rings. The van der Waals surface area contributed by atoms with Gasteiger partial charge >= 0.3 is 0 Å². The molecule has 0 aromatic carbocycles. The molecule has 0 spiro atoms. The lowest BCUT2D eigenvalue weighted by Crippen LogP contribution is -2.32. The topological polar surface area (TPSA) is 24.9 Å². The first kappa shape index (κ1) is 10.6. The molecule has 2 rings (SSSR count). The zero-order valence-electron chi connectivity index (χ0n) is 9.04. The zero-order chi connectivity index (χ0) is 10.7. The summed E-state index contributed by atoms with van der Waals surface area (Å²) < 4.78 is 13.6. The highest BCUT2D eigenvalue weighted by molar-refractivity contribution is 5.19. The van der Waals surface area contributed by atoms with Crippen molar-refractivity contribution in [1.29, 1.82) is 0 Å². The second-order valence-electron chi connectivity index (χ2n) is 4.12. The summed E-state index contributed by atoms with van der Waals surface area (Å²) in [5.41, 5.74) is 0.775. The van der Waals surface area contributed by atoms with Gasteiger partial charge in [0.2, 0.25) is 0 Å². The van der Waals surface area contributed by atoms with E-state index in [1.807, 2.05) is 0 Å². The first-order chi connectivity index (χ1) is 7.33. The summed E-state index contributed by atoms with van der Waals surface area (Å²) in [5, 5.41) is 3.37. The number of hydrogen-bond acceptors (Lipinski definition) is 2. The maximum absolute atomic E-state index is 13.6. The number of pyridine rings is 1. The maximum Gasteiger partial charge on any atom is 0.146 e. The Morgan fingerprint density at radius 3 is 2.93 bits per heavy atom. The molecular weight excluding hydrogens is 191 g/mol. The van der Waals surface area contributed by atoms with E-state index in [1.165, 1.54) is 25.5 Å². The largest absolute Gasteiger partial charge is 0.310 e. The lowest BCUT2D eigenvalue weighted by Gasteiger charge is -2.34. The van der Waals surface area contributed by atoms with Gasteiger partial charge in [-0.2, -0.15) is 0 Å². The molecule has 0 saturated heterocycles. The minimum absolute atomic E-state index is 0.173. The molecule has 1 atom stereocenters. The van der Waals surface area contributed by atoms with E-state index in [0.29, 0.717) is 5.92 Å². The van der Waals surface area contributed by atoms with E-state index in [0.717, 1.165) is 12.1 Å². The Morgan fingerprint density at radius 1 is 1.60 bits per heavy atom. The Labute approximate surface area is 89.9 Å². The molecular formula is C12H17FN2. The van der Waals surface area contributed by atoms with Gasteiger partial charge in [-0.05, 0) is 31.4 Å². The molecule has 1 N–H and O–H groups in total. The summed E-state index contributed by atoms with van der Waals surface area (Å²) in [5.74, 6) is 0.414. The number of aromatic nitrogens is 1. The molecule has 1 unspecified atom stereocenters. The fourth-order valence-electron chi connectivity index (χ4n) is 2.16. The number of hydrogen-bond donors (Lipinski definition) is 1. The molecule has 82 valence electrons. The fourth-order valence-corrected chi connectivity index (χ4v) is 2.16. The third kappa shape index (κ3) is 2.17. The van der Waals surface area contributed by atoms with Crippen LogP contribution in [0.15, 0.2) is 18.5 Å². The maximum atomic E-state index is 13.6. The molecule has 1 saturated carbocycles. The highest BCUT2D eigenvalue weighted by Gasteiger charge is 2.29. The van der Waals surface area contributed by atoms with Crippen LogP contribution in [0.5, 0.6) is 0 Å². The Hall–Kier alpha value is -0.960. The van der Waals surface area contributed by atoms with Crippen LogP contribution in [0.2, 0.25) is 0 Å². The quantitative estimate of drug-likeness (QED) is 0.822. The van der Waals surface area contributed by atoms with Gasteiger partial charge in [0, 0.05) is 17.8 Å². The fraction of sp³-hybridized carbons (Fsp3) is 0.583. The van der Waals surface area contributed by atoms with Crippen LogP contribution in [0.25, 0.3) is 0 Å². The van der Waals surface area contributed by atoms with E-state index in [4.69, 9.17) is 0 Å². The Balaban J connectivity index is 2.19. The van der Waals surface area contributed by atoms with Crippen molar-refractivity contribution >= 4 is 0 Å². The van der Waals surface area contributed by atoms with Crippen molar-refractivity contribution in [2.24, 2.45) is 5.92 Å². The predicted molar refractivity (Wildman–Crippen MR) is 58.0 cm³/mol. The first-order valence-corrected chi connectivity index (χ1v) is 5.65. The van der Waals surface area contributed by atoms with Gasteiger partial charge in [-0.15, -0.1) is 0 Å². The van der Waals surface area contributed by atoms with Crippen LogP contribution in [0.3, 0.4) is 0 Å². The molecule has 0 amide bonds. The van der Waals surface area contributed by atoms with Crippen LogP contribution in [-0.4, -0.2) is 11.5 Å². The average molecular weight is 208 g/mol. The van der Waals surface area contributed by atoms with Gasteiger partial charge in [0.1, 0.15) is 5.82 Å². The average Bonchev–Trinajstić information content (AvgIpc) is 2.15. The van der Waals surface area contributed by atoms with Crippen LogP contribution in [-0.2, 0) is 0 Å². The second-order valence-corrected chi connectivity index (χ2v) is 4.12. The van der Waals surface area contributed by atoms with Gasteiger partial charge in [-0.25, -0.2) is 4.39 Å². The van der Waals surface area contributed by atoms with Crippen LogP contribution < -0.4 is 5.32 Å². The Bertz CT molecular complexity index is 323. The zero-order valence-corrected chi connectivity index (χ0v) is 9.04. The van der Waals surface area contributed by atoms with Crippen LogP contribution in [0, 0.1) is 11.7 Å². The van der Waals surface area contributed by atoms with E-state index in [1.54, 1.807) is 12.3 Å². The second kappa shape index (κ2) is 4.71. The summed E-state index contributed by atoms with van der Waals surface area (Å²) in [7, 11) is 0. The minimum atomic E-state index is -0.185. The third-order valence-corrected chi connectivity index (χ3v) is 3.18. The van der Waals surface area contributed by atoms with E-state index >= 15 is 0 Å². The lowest BCUT2D eigenvalue weighted by atomic mass is 9.77. The van der Waals surface area contributed by atoms with Gasteiger partial charge < -0.3 is 5.32 Å². The van der Waals surface area contributed by atoms with Crippen molar-refractivity contribution < 1.29 is 4.39 Å². The molecule has 1 heterocycles. The van der Waals surface area contributed by atoms with Gasteiger partial charge in [0.15, 0.2) is 0 Å².